The first-order valence-corrected chi connectivity index (χ1v) is 27.3. The topological polar surface area (TPSA) is 337 Å². The Morgan fingerprint density at radius 2 is 1.23 bits per heavy atom. The second-order valence-electron chi connectivity index (χ2n) is 25.2. The van der Waals surface area contributed by atoms with Crippen molar-refractivity contribution in [1.29, 1.82) is 0 Å². The summed E-state index contributed by atoms with van der Waals surface area (Å²) in [6.07, 6.45) is -15.9. The molecule has 4 aliphatic heterocycles. The summed E-state index contributed by atoms with van der Waals surface area (Å²) in [7, 11) is 0. The minimum Gasteiger partial charge on any atom is -0.394 e. The van der Waals surface area contributed by atoms with Crippen molar-refractivity contribution in [2.45, 2.75) is 242 Å². The molecule has 29 atom stereocenters. The van der Waals surface area contributed by atoms with Gasteiger partial charge in [0.1, 0.15) is 85.5 Å². The van der Waals surface area contributed by atoms with Gasteiger partial charge in [0.05, 0.1) is 44.7 Å². The van der Waals surface area contributed by atoms with Crippen molar-refractivity contribution in [3.63, 3.8) is 0 Å². The van der Waals surface area contributed by atoms with Crippen LogP contribution in [-0.2, 0) is 37.9 Å². The molecular weight excluding hydrogens is 973 g/mol. The highest BCUT2D eigenvalue weighted by molar-refractivity contribution is 5.31. The molecule has 9 aliphatic rings. The number of hydrogen-bond acceptors (Lipinski definition) is 21. The van der Waals surface area contributed by atoms with Gasteiger partial charge in [-0.25, -0.2) is 0 Å². The highest BCUT2D eigenvalue weighted by atomic mass is 16.7. The number of ether oxygens (including phenoxy) is 8. The van der Waals surface area contributed by atoms with E-state index in [1.807, 2.05) is 13.0 Å². The average Bonchev–Trinajstić information content (AvgIpc) is 3.95. The first kappa shape index (κ1) is 57.6. The van der Waals surface area contributed by atoms with Gasteiger partial charge in [-0.05, 0) is 129 Å². The summed E-state index contributed by atoms with van der Waals surface area (Å²) < 4.78 is 46.7. The van der Waals surface area contributed by atoms with E-state index in [4.69, 9.17) is 37.9 Å². The van der Waals surface area contributed by atoms with Gasteiger partial charge in [0.2, 0.25) is 0 Å². The van der Waals surface area contributed by atoms with Crippen molar-refractivity contribution in [1.82, 2.24) is 0 Å². The van der Waals surface area contributed by atoms with Crippen molar-refractivity contribution in [2.75, 3.05) is 26.4 Å². The van der Waals surface area contributed by atoms with Crippen LogP contribution in [-0.4, -0.2) is 222 Å². The lowest BCUT2D eigenvalue weighted by molar-refractivity contribution is -0.363. The molecular formula is C53H88O21. The van der Waals surface area contributed by atoms with Crippen LogP contribution in [0.15, 0.2) is 11.6 Å². The number of hydrogen-bond donors (Lipinski definition) is 13. The van der Waals surface area contributed by atoms with Crippen LogP contribution >= 0.6 is 0 Å². The molecule has 9 rings (SSSR count). The zero-order chi connectivity index (χ0) is 53.8. The second-order valence-corrected chi connectivity index (χ2v) is 25.2. The molecule has 4 saturated heterocycles. The van der Waals surface area contributed by atoms with Gasteiger partial charge in [0, 0.05) is 0 Å². The van der Waals surface area contributed by atoms with E-state index in [0.29, 0.717) is 24.2 Å². The van der Waals surface area contributed by atoms with Gasteiger partial charge in [-0.2, -0.15) is 0 Å². The van der Waals surface area contributed by atoms with Gasteiger partial charge in [0.25, 0.3) is 0 Å². The third-order valence-corrected chi connectivity index (χ3v) is 21.3. The number of fused-ring (bicyclic) bond motifs is 2. The molecule has 9 fully saturated rings. The van der Waals surface area contributed by atoms with E-state index in [2.05, 4.69) is 34.6 Å². The molecule has 5 saturated carbocycles. The second kappa shape index (κ2) is 21.4. The standard InChI is InChI=1S/C53H88O21/c1-23(19-67-46-41(64)38(61)36(59)30(72-46)21-69-45-40(63)34(57)28(56)20-68-45)8-9-27(55)24(2)26-12-14-51(7)32-11-10-31-49(4,5)33(13-15-52(31)22-53(32,52)17-16-50(26,51)6)73-47-43(66)39(62)44(25(3)70-47)74-48-42(65)37(60)35(58)29(18-54)71-48/h8,24-48,54-66H,9-22H2,1-7H3/b23-8-/t24-,25+,26+,27-,28-,29+,30+,31-,32-,33-,34-,35+,36+,37-,38-,39+,40+,41+,42+,43+,44-,45-,46+,47-,48-,50+,51-,52-,53-/m0/s1. The molecule has 4 heterocycles. The Bertz CT molecular complexity index is 1960. The normalized spacial score (nSPS) is 54.1. The maximum atomic E-state index is 11.8. The molecule has 0 aromatic rings. The summed E-state index contributed by atoms with van der Waals surface area (Å²) in [5.41, 5.74) is 1.01. The quantitative estimate of drug-likeness (QED) is 0.0696. The van der Waals surface area contributed by atoms with Crippen LogP contribution in [0.25, 0.3) is 0 Å². The molecule has 2 spiro atoms. The van der Waals surface area contributed by atoms with E-state index in [1.165, 1.54) is 6.42 Å². The van der Waals surface area contributed by atoms with Crippen molar-refractivity contribution >= 4 is 0 Å². The summed E-state index contributed by atoms with van der Waals surface area (Å²) in [6, 6.07) is 0. The van der Waals surface area contributed by atoms with Crippen molar-refractivity contribution in [3.05, 3.63) is 11.6 Å². The Labute approximate surface area is 433 Å². The Morgan fingerprint density at radius 1 is 0.622 bits per heavy atom. The molecule has 0 aromatic heterocycles. The van der Waals surface area contributed by atoms with Crippen molar-refractivity contribution < 1.29 is 104 Å². The lowest BCUT2D eigenvalue weighted by Crippen LogP contribution is -2.64. The van der Waals surface area contributed by atoms with Crippen LogP contribution in [0.3, 0.4) is 0 Å². The molecule has 0 bridgehead atoms. The van der Waals surface area contributed by atoms with E-state index in [-0.39, 0.29) is 58.9 Å². The largest absolute Gasteiger partial charge is 0.394 e. The zero-order valence-corrected chi connectivity index (χ0v) is 44.0. The highest BCUT2D eigenvalue weighted by Crippen LogP contribution is 2.89. The fourth-order valence-corrected chi connectivity index (χ4v) is 16.6. The summed E-state index contributed by atoms with van der Waals surface area (Å²) in [6.45, 7) is 13.9. The molecule has 0 aromatic carbocycles. The first-order valence-electron chi connectivity index (χ1n) is 27.3. The summed E-state index contributed by atoms with van der Waals surface area (Å²) in [5.74, 6) is 1.25. The van der Waals surface area contributed by atoms with Gasteiger partial charge in [-0.1, -0.05) is 46.3 Å². The predicted octanol–water partition coefficient (Wildman–Crippen LogP) is -0.924. The number of aliphatic hydroxyl groups is 13. The minimum absolute atomic E-state index is 0.00873. The monoisotopic (exact) mass is 1060 g/mol. The molecule has 0 unspecified atom stereocenters. The first-order chi connectivity index (χ1) is 34.8. The van der Waals surface area contributed by atoms with Crippen LogP contribution in [0.1, 0.15) is 113 Å². The van der Waals surface area contributed by atoms with Gasteiger partial charge >= 0.3 is 0 Å². The van der Waals surface area contributed by atoms with Crippen LogP contribution in [0.5, 0.6) is 0 Å². The maximum absolute atomic E-state index is 11.8. The third-order valence-electron chi connectivity index (χ3n) is 21.3. The smallest absolute Gasteiger partial charge is 0.187 e. The fourth-order valence-electron chi connectivity index (χ4n) is 16.6. The molecule has 0 amide bonds. The number of rotatable bonds is 15. The van der Waals surface area contributed by atoms with Crippen molar-refractivity contribution in [2.24, 2.45) is 50.7 Å². The minimum atomic E-state index is -1.68. The van der Waals surface area contributed by atoms with Crippen molar-refractivity contribution in [3.8, 4) is 0 Å². The van der Waals surface area contributed by atoms with Crippen LogP contribution in [0.2, 0.25) is 0 Å². The van der Waals surface area contributed by atoms with E-state index in [9.17, 15) is 66.4 Å². The third kappa shape index (κ3) is 9.51. The number of aliphatic hydroxyl groups excluding tert-OH is 13. The lowest BCUT2D eigenvalue weighted by Gasteiger charge is -2.63. The highest BCUT2D eigenvalue weighted by Gasteiger charge is 2.82. The Hall–Kier alpha value is -1.10. The Morgan fingerprint density at radius 3 is 1.93 bits per heavy atom. The van der Waals surface area contributed by atoms with E-state index >= 15 is 0 Å². The predicted molar refractivity (Wildman–Crippen MR) is 257 cm³/mol. The van der Waals surface area contributed by atoms with Gasteiger partial charge in [0.15, 0.2) is 25.2 Å². The molecule has 13 N–H and O–H groups in total. The van der Waals surface area contributed by atoms with E-state index in [1.54, 1.807) is 6.92 Å². The molecule has 74 heavy (non-hydrogen) atoms. The van der Waals surface area contributed by atoms with Gasteiger partial charge in [-0.3, -0.25) is 0 Å². The van der Waals surface area contributed by atoms with Gasteiger partial charge in [-0.15, -0.1) is 0 Å². The summed E-state index contributed by atoms with van der Waals surface area (Å²) >= 11 is 0. The Kier molecular flexibility index (Phi) is 16.7. The van der Waals surface area contributed by atoms with E-state index in [0.717, 1.165) is 56.9 Å². The van der Waals surface area contributed by atoms with Gasteiger partial charge < -0.3 is 104 Å². The molecule has 21 nitrogen and oxygen atoms in total. The van der Waals surface area contributed by atoms with Crippen LogP contribution in [0, 0.1) is 50.7 Å². The van der Waals surface area contributed by atoms with E-state index < -0.39 is 129 Å². The molecule has 0 radical (unpaired) electrons. The zero-order valence-electron chi connectivity index (χ0n) is 44.0. The average molecular weight is 1060 g/mol. The molecule has 21 heteroatoms. The summed E-state index contributed by atoms with van der Waals surface area (Å²) in [5, 5.41) is 137. The lowest BCUT2D eigenvalue weighted by atomic mass is 9.41. The maximum Gasteiger partial charge on any atom is 0.187 e. The fraction of sp³-hybridized carbons (Fsp3) is 0.962. The van der Waals surface area contributed by atoms with Crippen LogP contribution in [0.4, 0.5) is 0 Å². The Balaban J connectivity index is 0.778. The SMILES string of the molecule is C/C(=C/C[C@H](O)[C@@H](C)[C@H]1CC[C@@]2(C)[C@@H]3CC[C@H]4C(C)(C)[C@@H](O[C@@H]5O[C@H](C)[C@H](O[C@@H]6O[C@H](CO)[C@@H](O)[C@H](O)[C@H]6O)[C@H](O)[C@H]5O)CC[C@]45C[C@@]35CC[C@]12C)CO[C@@H]1O[C@H](CO[C@@H]2OC[C@H](O)[C@H](O)[C@H]2O)[C@@H](O)[C@H](O)[C@H]1O. The molecule has 426 valence electrons. The summed E-state index contributed by atoms with van der Waals surface area (Å²) in [4.78, 5) is 0. The molecule has 5 aliphatic carbocycles. The van der Waals surface area contributed by atoms with Crippen LogP contribution < -0.4 is 0 Å².